The molecule has 2 aliphatic heterocycles. The molecule has 0 unspecified atom stereocenters. The molecule has 2 fully saturated rings. The Kier molecular flexibility index (Phi) is 5.59. The van der Waals surface area contributed by atoms with Crippen molar-refractivity contribution in [1.82, 2.24) is 15.1 Å². The fourth-order valence-corrected chi connectivity index (χ4v) is 4.44. The average Bonchev–Trinajstić information content (AvgIpc) is 3.00. The summed E-state index contributed by atoms with van der Waals surface area (Å²) in [6, 6.07) is 12.3. The molecule has 2 aliphatic rings. The Morgan fingerprint density at radius 3 is 2.38 bits per heavy atom. The number of nitrogens with one attached hydrogen (secondary N) is 1. The van der Waals surface area contributed by atoms with Crippen LogP contribution in [0.1, 0.15) is 57.2 Å². The van der Waals surface area contributed by atoms with Crippen LogP contribution < -0.4 is 5.32 Å². The third-order valence-electron chi connectivity index (χ3n) is 6.50. The molecular weight excluding hydrogens is 406 g/mol. The number of imide groups is 1. The molecule has 4 rings (SSSR count). The zero-order chi connectivity index (χ0) is 23.0. The molecule has 0 aromatic heterocycles. The summed E-state index contributed by atoms with van der Waals surface area (Å²) in [6.07, 6.45) is 0.720. The fraction of sp³-hybridized carbons (Fsp3) is 0.360. The maximum Gasteiger partial charge on any atom is 0.325 e. The SMILES string of the molecule is CC(=O)c1cccc(C(=O)N2CCC3(CC2)NC(=O)N(Cc2cc(C)ccc2C)C3=O)c1. The van der Waals surface area contributed by atoms with Gasteiger partial charge in [0.15, 0.2) is 5.78 Å². The Morgan fingerprint density at radius 1 is 1.00 bits per heavy atom. The third-order valence-corrected chi connectivity index (χ3v) is 6.50. The van der Waals surface area contributed by atoms with Crippen molar-refractivity contribution in [3.05, 3.63) is 70.3 Å². The number of piperidine rings is 1. The standard InChI is InChI=1S/C25H27N3O4/c1-16-7-8-17(2)21(13-16)15-28-23(31)25(26-24(28)32)9-11-27(12-10-25)22(30)20-6-4-5-19(14-20)18(3)29/h4-8,13-14H,9-12,15H2,1-3H3,(H,26,32). The first-order valence-electron chi connectivity index (χ1n) is 10.8. The summed E-state index contributed by atoms with van der Waals surface area (Å²) >= 11 is 0. The maximum absolute atomic E-state index is 13.3. The Bertz CT molecular complexity index is 1120. The van der Waals surface area contributed by atoms with E-state index in [4.69, 9.17) is 0 Å². The van der Waals surface area contributed by atoms with Crippen molar-refractivity contribution < 1.29 is 19.2 Å². The number of urea groups is 1. The van der Waals surface area contributed by atoms with E-state index in [1.807, 2.05) is 32.0 Å². The number of hydrogen-bond donors (Lipinski definition) is 1. The van der Waals surface area contributed by atoms with E-state index in [1.165, 1.54) is 11.8 Å². The highest BCUT2D eigenvalue weighted by Gasteiger charge is 2.52. The van der Waals surface area contributed by atoms with Crippen LogP contribution in [0.4, 0.5) is 4.79 Å². The van der Waals surface area contributed by atoms with Gasteiger partial charge in [-0.25, -0.2) is 4.79 Å². The van der Waals surface area contributed by atoms with Crippen molar-refractivity contribution in [3.8, 4) is 0 Å². The number of amides is 4. The molecule has 0 aliphatic carbocycles. The van der Waals surface area contributed by atoms with Gasteiger partial charge in [0, 0.05) is 24.2 Å². The molecule has 7 nitrogen and oxygen atoms in total. The second kappa shape index (κ2) is 8.22. The molecule has 1 N–H and O–H groups in total. The zero-order valence-electron chi connectivity index (χ0n) is 18.6. The van der Waals surface area contributed by atoms with Crippen molar-refractivity contribution >= 4 is 23.6 Å². The molecule has 7 heteroatoms. The first kappa shape index (κ1) is 21.7. The van der Waals surface area contributed by atoms with E-state index in [2.05, 4.69) is 5.32 Å². The Balaban J connectivity index is 1.46. The molecule has 2 aromatic rings. The lowest BCUT2D eigenvalue weighted by atomic mass is 9.87. The molecule has 1 spiro atoms. The number of carbonyl (C=O) groups is 4. The predicted molar refractivity (Wildman–Crippen MR) is 119 cm³/mol. The van der Waals surface area contributed by atoms with Gasteiger partial charge in [0.2, 0.25) is 0 Å². The van der Waals surface area contributed by atoms with Crippen LogP contribution in [0, 0.1) is 13.8 Å². The van der Waals surface area contributed by atoms with Gasteiger partial charge in [-0.15, -0.1) is 0 Å². The van der Waals surface area contributed by atoms with E-state index in [-0.39, 0.29) is 30.2 Å². The quantitative estimate of drug-likeness (QED) is 0.592. The summed E-state index contributed by atoms with van der Waals surface area (Å²) in [7, 11) is 0. The van der Waals surface area contributed by atoms with E-state index in [9.17, 15) is 19.2 Å². The number of hydrogen-bond acceptors (Lipinski definition) is 4. The topological polar surface area (TPSA) is 86.8 Å². The molecule has 0 atom stereocenters. The number of Topliss-reactive ketones (excluding diaryl/α,β-unsaturated/α-hetero) is 1. The average molecular weight is 434 g/mol. The van der Waals surface area contributed by atoms with Crippen LogP contribution in [-0.4, -0.2) is 52.1 Å². The highest BCUT2D eigenvalue weighted by Crippen LogP contribution is 2.31. The molecule has 32 heavy (non-hydrogen) atoms. The van der Waals surface area contributed by atoms with Gasteiger partial charge >= 0.3 is 6.03 Å². The number of aryl methyl sites for hydroxylation is 2. The van der Waals surface area contributed by atoms with Gasteiger partial charge in [-0.2, -0.15) is 0 Å². The van der Waals surface area contributed by atoms with Crippen LogP contribution in [0.25, 0.3) is 0 Å². The van der Waals surface area contributed by atoms with Gasteiger partial charge in [0.25, 0.3) is 11.8 Å². The molecule has 4 amide bonds. The van der Waals surface area contributed by atoms with E-state index >= 15 is 0 Å². The maximum atomic E-state index is 13.3. The van der Waals surface area contributed by atoms with Gasteiger partial charge in [-0.1, -0.05) is 35.9 Å². The molecule has 0 bridgehead atoms. The smallest absolute Gasteiger partial charge is 0.325 e. The Labute approximate surface area is 187 Å². The Hall–Kier alpha value is -3.48. The van der Waals surface area contributed by atoms with Crippen LogP contribution in [0.2, 0.25) is 0 Å². The number of ketones is 1. The van der Waals surface area contributed by atoms with Crippen LogP contribution in [0.5, 0.6) is 0 Å². The molecule has 2 heterocycles. The second-order valence-corrected chi connectivity index (χ2v) is 8.76. The normalized spacial score (nSPS) is 17.6. The molecule has 2 saturated heterocycles. The van der Waals surface area contributed by atoms with Gasteiger partial charge in [-0.3, -0.25) is 19.3 Å². The van der Waals surface area contributed by atoms with Crippen LogP contribution in [0.3, 0.4) is 0 Å². The summed E-state index contributed by atoms with van der Waals surface area (Å²) in [6.45, 7) is 6.36. The molecule has 2 aromatic carbocycles. The monoisotopic (exact) mass is 433 g/mol. The van der Waals surface area contributed by atoms with Crippen molar-refractivity contribution in [2.75, 3.05) is 13.1 Å². The van der Waals surface area contributed by atoms with Crippen LogP contribution in [-0.2, 0) is 11.3 Å². The lowest BCUT2D eigenvalue weighted by Crippen LogP contribution is -2.55. The fourth-order valence-electron chi connectivity index (χ4n) is 4.44. The van der Waals surface area contributed by atoms with Crippen molar-refractivity contribution in [3.63, 3.8) is 0 Å². The van der Waals surface area contributed by atoms with Gasteiger partial charge < -0.3 is 10.2 Å². The molecule has 0 saturated carbocycles. The minimum absolute atomic E-state index is 0.0968. The molecule has 166 valence electrons. The van der Waals surface area contributed by atoms with E-state index < -0.39 is 5.54 Å². The van der Waals surface area contributed by atoms with Crippen molar-refractivity contribution in [2.45, 2.75) is 45.7 Å². The van der Waals surface area contributed by atoms with Gasteiger partial charge in [0.1, 0.15) is 5.54 Å². The minimum Gasteiger partial charge on any atom is -0.338 e. The highest BCUT2D eigenvalue weighted by atomic mass is 16.2. The van der Waals surface area contributed by atoms with E-state index in [1.54, 1.807) is 29.2 Å². The number of benzene rings is 2. The minimum atomic E-state index is -0.965. The third kappa shape index (κ3) is 3.90. The van der Waals surface area contributed by atoms with E-state index in [0.29, 0.717) is 37.1 Å². The first-order valence-corrected chi connectivity index (χ1v) is 10.8. The van der Waals surface area contributed by atoms with Crippen molar-refractivity contribution in [1.29, 1.82) is 0 Å². The lowest BCUT2D eigenvalue weighted by Gasteiger charge is -2.37. The summed E-state index contributed by atoms with van der Waals surface area (Å²) in [4.78, 5) is 53.5. The summed E-state index contributed by atoms with van der Waals surface area (Å²) < 4.78 is 0. The van der Waals surface area contributed by atoms with Gasteiger partial charge in [-0.05, 0) is 56.9 Å². The molecule has 0 radical (unpaired) electrons. The number of carbonyl (C=O) groups excluding carboxylic acids is 4. The zero-order valence-corrected chi connectivity index (χ0v) is 18.6. The van der Waals surface area contributed by atoms with Crippen LogP contribution >= 0.6 is 0 Å². The van der Waals surface area contributed by atoms with Gasteiger partial charge in [0.05, 0.1) is 6.54 Å². The first-order chi connectivity index (χ1) is 15.2. The highest BCUT2D eigenvalue weighted by molar-refractivity contribution is 6.07. The Morgan fingerprint density at radius 2 is 1.69 bits per heavy atom. The largest absolute Gasteiger partial charge is 0.338 e. The van der Waals surface area contributed by atoms with Crippen molar-refractivity contribution in [2.24, 2.45) is 0 Å². The lowest BCUT2D eigenvalue weighted by molar-refractivity contribution is -0.133. The molecular formula is C25H27N3O4. The number of nitrogens with zero attached hydrogens (tertiary/aromatic N) is 2. The summed E-state index contributed by atoms with van der Waals surface area (Å²) in [5.74, 6) is -0.499. The number of likely N-dealkylation sites (tertiary alicyclic amines) is 1. The second-order valence-electron chi connectivity index (χ2n) is 8.76. The number of rotatable bonds is 4. The summed E-state index contributed by atoms with van der Waals surface area (Å²) in [5.41, 5.74) is 3.03. The summed E-state index contributed by atoms with van der Waals surface area (Å²) in [5, 5.41) is 2.90. The van der Waals surface area contributed by atoms with E-state index in [0.717, 1.165) is 16.7 Å². The predicted octanol–water partition coefficient (Wildman–Crippen LogP) is 3.23. The van der Waals surface area contributed by atoms with Crippen LogP contribution in [0.15, 0.2) is 42.5 Å².